The molecule has 1 fully saturated rings. The molecule has 180 valence electrons. The van der Waals surface area contributed by atoms with Crippen LogP contribution in [0.25, 0.3) is 0 Å². The fourth-order valence-corrected chi connectivity index (χ4v) is 5.25. The quantitative estimate of drug-likeness (QED) is 0.616. The van der Waals surface area contributed by atoms with E-state index in [0.29, 0.717) is 11.4 Å². The predicted molar refractivity (Wildman–Crippen MR) is 124 cm³/mol. The van der Waals surface area contributed by atoms with Crippen molar-refractivity contribution in [3.8, 4) is 5.75 Å². The molecule has 0 radical (unpaired) electrons. The summed E-state index contributed by atoms with van der Waals surface area (Å²) in [5.74, 6) is -0.444. The van der Waals surface area contributed by atoms with E-state index in [1.807, 2.05) is 30.3 Å². The molecule has 0 spiro atoms. The Morgan fingerprint density at radius 3 is 2.50 bits per heavy atom. The van der Waals surface area contributed by atoms with Crippen LogP contribution in [0.3, 0.4) is 0 Å². The average Bonchev–Trinajstić information content (AvgIpc) is 2.83. The Morgan fingerprint density at radius 2 is 1.79 bits per heavy atom. The lowest BCUT2D eigenvalue weighted by Gasteiger charge is -2.34. The molecule has 0 aliphatic carbocycles. The maximum Gasteiger partial charge on any atom is 0.265 e. The molecule has 2 aliphatic rings. The van der Waals surface area contributed by atoms with Crippen LogP contribution in [0.15, 0.2) is 53.4 Å². The molecule has 1 atom stereocenters. The second-order valence-electron chi connectivity index (χ2n) is 8.13. The fourth-order valence-electron chi connectivity index (χ4n) is 3.81. The van der Waals surface area contributed by atoms with Crippen molar-refractivity contribution < 1.29 is 27.5 Å². The monoisotopic (exact) mass is 486 g/mol. The first-order valence-corrected chi connectivity index (χ1v) is 12.4. The molecule has 1 saturated heterocycles. The van der Waals surface area contributed by atoms with Crippen molar-refractivity contribution >= 4 is 33.4 Å². The molecule has 34 heavy (non-hydrogen) atoms. The van der Waals surface area contributed by atoms with Gasteiger partial charge in [-0.15, -0.1) is 0 Å². The molecule has 0 bridgehead atoms. The van der Waals surface area contributed by atoms with Gasteiger partial charge in [-0.05, 0) is 30.7 Å². The smallest absolute Gasteiger partial charge is 0.265 e. The number of carbonyl (C=O) groups is 3. The summed E-state index contributed by atoms with van der Waals surface area (Å²) in [7, 11) is -3.82. The lowest BCUT2D eigenvalue weighted by molar-refractivity contribution is -0.133. The molecule has 2 aromatic rings. The van der Waals surface area contributed by atoms with Gasteiger partial charge in [0.1, 0.15) is 5.75 Å². The van der Waals surface area contributed by atoms with E-state index in [0.717, 1.165) is 5.56 Å². The molecule has 2 aliphatic heterocycles. The number of sulfonamides is 1. The van der Waals surface area contributed by atoms with Crippen molar-refractivity contribution in [1.82, 2.24) is 14.5 Å². The van der Waals surface area contributed by atoms with Gasteiger partial charge >= 0.3 is 0 Å². The van der Waals surface area contributed by atoms with Crippen molar-refractivity contribution in [2.45, 2.75) is 24.3 Å². The Bertz CT molecular complexity index is 1190. The number of anilines is 1. The van der Waals surface area contributed by atoms with Gasteiger partial charge in [0.2, 0.25) is 21.8 Å². The number of ether oxygens (including phenoxy) is 1. The molecule has 4 rings (SSSR count). The Hall–Kier alpha value is -3.44. The van der Waals surface area contributed by atoms with Crippen LogP contribution in [0, 0.1) is 0 Å². The van der Waals surface area contributed by atoms with Gasteiger partial charge in [-0.25, -0.2) is 8.42 Å². The molecule has 0 saturated carbocycles. The number of fused-ring (bicyclic) bond motifs is 1. The lowest BCUT2D eigenvalue weighted by atomic mass is 10.1. The number of benzene rings is 2. The van der Waals surface area contributed by atoms with Crippen molar-refractivity contribution in [3.05, 3.63) is 54.1 Å². The summed E-state index contributed by atoms with van der Waals surface area (Å²) in [4.78, 5) is 38.0. The van der Waals surface area contributed by atoms with Crippen LogP contribution in [0.5, 0.6) is 5.75 Å². The number of piperazine rings is 1. The summed E-state index contributed by atoms with van der Waals surface area (Å²) < 4.78 is 33.0. The Morgan fingerprint density at radius 1 is 1.09 bits per heavy atom. The van der Waals surface area contributed by atoms with Gasteiger partial charge < -0.3 is 20.3 Å². The van der Waals surface area contributed by atoms with Crippen LogP contribution in [0.1, 0.15) is 12.5 Å². The Kier molecular flexibility index (Phi) is 6.85. The molecule has 11 heteroatoms. The number of hydrogen-bond donors (Lipinski definition) is 2. The third-order valence-corrected chi connectivity index (χ3v) is 7.65. The van der Waals surface area contributed by atoms with Gasteiger partial charge in [0.25, 0.3) is 5.91 Å². The summed E-state index contributed by atoms with van der Waals surface area (Å²) in [5.41, 5.74) is 1.17. The molecule has 0 unspecified atom stereocenters. The van der Waals surface area contributed by atoms with Crippen molar-refractivity contribution in [2.24, 2.45) is 0 Å². The number of rotatable bonds is 6. The van der Waals surface area contributed by atoms with Gasteiger partial charge in [0, 0.05) is 26.2 Å². The fraction of sp³-hybridized carbons (Fsp3) is 0.348. The second kappa shape index (κ2) is 9.82. The van der Waals surface area contributed by atoms with Crippen molar-refractivity contribution in [3.63, 3.8) is 0 Å². The number of nitrogens with one attached hydrogen (secondary N) is 2. The standard InChI is InChI=1S/C23H26N4O6S/c1-16-23(30)25-19-14-18(7-8-20(19)33-16)34(31,32)27-11-9-26(10-12-27)22(29)15-24-21(28)13-17-5-3-2-4-6-17/h2-8,14,16H,9-13,15H2,1H3,(H,24,28)(H,25,30)/t16-/m0/s1. The highest BCUT2D eigenvalue weighted by atomic mass is 32.2. The van der Waals surface area contributed by atoms with E-state index in [-0.39, 0.29) is 61.8 Å². The largest absolute Gasteiger partial charge is 0.479 e. The van der Waals surface area contributed by atoms with E-state index in [2.05, 4.69) is 10.6 Å². The summed E-state index contributed by atoms with van der Waals surface area (Å²) in [6.07, 6.45) is -0.464. The maximum atomic E-state index is 13.1. The molecule has 2 heterocycles. The van der Waals surface area contributed by atoms with E-state index >= 15 is 0 Å². The second-order valence-corrected chi connectivity index (χ2v) is 10.1. The zero-order chi connectivity index (χ0) is 24.3. The first kappa shape index (κ1) is 23.7. The van der Waals surface area contributed by atoms with Crippen LogP contribution >= 0.6 is 0 Å². The molecule has 3 amide bonds. The number of amides is 3. The van der Waals surface area contributed by atoms with E-state index in [1.54, 1.807) is 6.92 Å². The molecule has 2 N–H and O–H groups in total. The van der Waals surface area contributed by atoms with Crippen LogP contribution in [-0.4, -0.2) is 74.2 Å². The van der Waals surface area contributed by atoms with Gasteiger partial charge in [0.05, 0.1) is 23.5 Å². The SMILES string of the molecule is C[C@@H]1Oc2ccc(S(=O)(=O)N3CCN(C(=O)CNC(=O)Cc4ccccc4)CC3)cc2NC1=O. The topological polar surface area (TPSA) is 125 Å². The Balaban J connectivity index is 1.30. The van der Waals surface area contributed by atoms with Crippen LogP contribution < -0.4 is 15.4 Å². The van der Waals surface area contributed by atoms with E-state index in [4.69, 9.17) is 4.74 Å². The van der Waals surface area contributed by atoms with Gasteiger partial charge in [-0.2, -0.15) is 4.31 Å². The summed E-state index contributed by atoms with van der Waals surface area (Å²) in [6.45, 7) is 2.16. The number of carbonyl (C=O) groups excluding carboxylic acids is 3. The zero-order valence-electron chi connectivity index (χ0n) is 18.7. The molecular weight excluding hydrogens is 460 g/mol. The third kappa shape index (κ3) is 5.20. The first-order chi connectivity index (χ1) is 16.2. The minimum atomic E-state index is -3.82. The average molecular weight is 487 g/mol. The molecule has 10 nitrogen and oxygen atoms in total. The highest BCUT2D eigenvalue weighted by Crippen LogP contribution is 2.32. The predicted octanol–water partition coefficient (Wildman–Crippen LogP) is 0.598. The van der Waals surface area contributed by atoms with Crippen LogP contribution in [0.2, 0.25) is 0 Å². The third-order valence-electron chi connectivity index (χ3n) is 5.76. The van der Waals surface area contributed by atoms with E-state index in [9.17, 15) is 22.8 Å². The van der Waals surface area contributed by atoms with Crippen LogP contribution in [0.4, 0.5) is 5.69 Å². The number of hydrogen-bond acceptors (Lipinski definition) is 6. The van der Waals surface area contributed by atoms with Crippen molar-refractivity contribution in [2.75, 3.05) is 38.0 Å². The highest BCUT2D eigenvalue weighted by molar-refractivity contribution is 7.89. The molecule has 2 aromatic carbocycles. The lowest BCUT2D eigenvalue weighted by Crippen LogP contribution is -2.52. The Labute approximate surface area is 197 Å². The maximum absolute atomic E-state index is 13.1. The van der Waals surface area contributed by atoms with E-state index < -0.39 is 16.1 Å². The van der Waals surface area contributed by atoms with Gasteiger partial charge in [-0.1, -0.05) is 30.3 Å². The molecule has 0 aromatic heterocycles. The normalized spacial score (nSPS) is 18.4. The summed E-state index contributed by atoms with van der Waals surface area (Å²) in [6, 6.07) is 13.6. The van der Waals surface area contributed by atoms with Crippen molar-refractivity contribution in [1.29, 1.82) is 0 Å². The zero-order valence-corrected chi connectivity index (χ0v) is 19.5. The number of nitrogens with zero attached hydrogens (tertiary/aromatic N) is 2. The first-order valence-electron chi connectivity index (χ1n) is 10.9. The van der Waals surface area contributed by atoms with E-state index in [1.165, 1.54) is 27.4 Å². The van der Waals surface area contributed by atoms with Gasteiger partial charge in [-0.3, -0.25) is 14.4 Å². The van der Waals surface area contributed by atoms with Crippen LogP contribution in [-0.2, 0) is 30.8 Å². The highest BCUT2D eigenvalue weighted by Gasteiger charge is 2.32. The van der Waals surface area contributed by atoms with Gasteiger partial charge in [0.15, 0.2) is 6.10 Å². The summed E-state index contributed by atoms with van der Waals surface area (Å²) in [5, 5.41) is 5.27. The minimum absolute atomic E-state index is 0.0395. The molecular formula is C23H26N4O6S. The summed E-state index contributed by atoms with van der Waals surface area (Å²) >= 11 is 0. The minimum Gasteiger partial charge on any atom is -0.479 e.